The highest BCUT2D eigenvalue weighted by atomic mass is 19.4. The molecule has 0 unspecified atom stereocenters. The number of carbonyl (C=O) groups is 2. The van der Waals surface area contributed by atoms with Crippen LogP contribution in [-0.2, 0) is 21.5 Å². The van der Waals surface area contributed by atoms with Crippen LogP contribution in [-0.4, -0.2) is 46.7 Å². The molecule has 0 heterocycles. The standard InChI is InChI=1S/C30H30F3N3O5/c1-28(2,3)41-27(38)35(18-20-12-14-21(15-13-20)36(39)40)17-16-29(26(37)34-19-30(31,32)33)24-10-6-4-8-22(24)23-9-5-7-11-25(23)29/h4-15H,16-19H2,1-3H3,(H,34,37). The van der Waals surface area contributed by atoms with E-state index in [9.17, 15) is 32.9 Å². The van der Waals surface area contributed by atoms with E-state index in [-0.39, 0.29) is 25.2 Å². The molecule has 41 heavy (non-hydrogen) atoms. The number of hydrogen-bond acceptors (Lipinski definition) is 5. The van der Waals surface area contributed by atoms with Crippen molar-refractivity contribution in [1.82, 2.24) is 10.2 Å². The molecule has 4 rings (SSSR count). The molecule has 11 heteroatoms. The SMILES string of the molecule is CC(C)(C)OC(=O)N(CCC1(C(=O)NCC(F)(F)F)c2ccccc2-c2ccccc21)Cc1ccc([N+](=O)[O-])cc1. The average Bonchev–Trinajstić information content (AvgIpc) is 3.19. The van der Waals surface area contributed by atoms with Crippen LogP contribution in [0, 0.1) is 10.1 Å². The van der Waals surface area contributed by atoms with Crippen LogP contribution in [0.15, 0.2) is 72.8 Å². The van der Waals surface area contributed by atoms with Gasteiger partial charge in [0, 0.05) is 25.2 Å². The summed E-state index contributed by atoms with van der Waals surface area (Å²) in [5, 5.41) is 13.2. The number of nitro groups is 1. The first kappa shape index (κ1) is 29.6. The summed E-state index contributed by atoms with van der Waals surface area (Å²) in [6.07, 6.45) is -5.36. The molecule has 0 spiro atoms. The van der Waals surface area contributed by atoms with Crippen LogP contribution < -0.4 is 5.32 Å². The average molecular weight is 570 g/mol. The summed E-state index contributed by atoms with van der Waals surface area (Å²) in [6.45, 7) is 3.53. The molecule has 0 saturated carbocycles. The van der Waals surface area contributed by atoms with E-state index in [0.29, 0.717) is 16.7 Å². The fraction of sp³-hybridized carbons (Fsp3) is 0.333. The van der Waals surface area contributed by atoms with Crippen LogP contribution in [0.1, 0.15) is 43.9 Å². The van der Waals surface area contributed by atoms with Crippen molar-refractivity contribution < 1.29 is 32.4 Å². The van der Waals surface area contributed by atoms with Gasteiger partial charge < -0.3 is 15.0 Å². The third kappa shape index (κ3) is 6.50. The zero-order valence-electron chi connectivity index (χ0n) is 22.8. The summed E-state index contributed by atoms with van der Waals surface area (Å²) in [7, 11) is 0. The predicted octanol–water partition coefficient (Wildman–Crippen LogP) is 6.37. The summed E-state index contributed by atoms with van der Waals surface area (Å²) in [6, 6.07) is 19.8. The molecule has 216 valence electrons. The number of carbonyl (C=O) groups excluding carboxylic acids is 2. The number of non-ortho nitro benzene ring substituents is 1. The first-order valence-electron chi connectivity index (χ1n) is 13.0. The summed E-state index contributed by atoms with van der Waals surface area (Å²) in [5.41, 5.74) is 0.628. The fourth-order valence-corrected chi connectivity index (χ4v) is 5.09. The van der Waals surface area contributed by atoms with Crippen molar-refractivity contribution in [3.8, 4) is 11.1 Å². The molecular formula is C30H30F3N3O5. The number of alkyl halides is 3. The lowest BCUT2D eigenvalue weighted by Gasteiger charge is -2.34. The van der Waals surface area contributed by atoms with E-state index in [4.69, 9.17) is 4.74 Å². The van der Waals surface area contributed by atoms with Gasteiger partial charge in [-0.3, -0.25) is 14.9 Å². The number of rotatable bonds is 8. The molecule has 0 bridgehead atoms. The summed E-state index contributed by atoms with van der Waals surface area (Å²) >= 11 is 0. The number of fused-ring (bicyclic) bond motifs is 3. The Balaban J connectivity index is 1.74. The van der Waals surface area contributed by atoms with Gasteiger partial charge in [-0.25, -0.2) is 4.79 Å². The Morgan fingerprint density at radius 1 is 0.927 bits per heavy atom. The first-order valence-corrected chi connectivity index (χ1v) is 13.0. The fourth-order valence-electron chi connectivity index (χ4n) is 5.09. The molecule has 0 aliphatic heterocycles. The highest BCUT2D eigenvalue weighted by Crippen LogP contribution is 2.51. The maximum atomic E-state index is 13.8. The third-order valence-corrected chi connectivity index (χ3v) is 6.83. The number of hydrogen-bond donors (Lipinski definition) is 1. The van der Waals surface area contributed by atoms with E-state index in [1.54, 1.807) is 57.2 Å². The number of nitrogens with one attached hydrogen (secondary N) is 1. The number of ether oxygens (including phenoxy) is 1. The molecule has 0 fully saturated rings. The third-order valence-electron chi connectivity index (χ3n) is 6.83. The maximum Gasteiger partial charge on any atom is 0.410 e. The topological polar surface area (TPSA) is 102 Å². The van der Waals surface area contributed by atoms with Crippen molar-refractivity contribution >= 4 is 17.7 Å². The Bertz CT molecular complexity index is 1400. The summed E-state index contributed by atoms with van der Waals surface area (Å²) < 4.78 is 45.2. The second-order valence-corrected chi connectivity index (χ2v) is 10.9. The molecule has 3 aromatic carbocycles. The largest absolute Gasteiger partial charge is 0.444 e. The monoisotopic (exact) mass is 569 g/mol. The summed E-state index contributed by atoms with van der Waals surface area (Å²) in [4.78, 5) is 39.0. The summed E-state index contributed by atoms with van der Waals surface area (Å²) in [5.74, 6) is -0.827. The van der Waals surface area contributed by atoms with E-state index in [2.05, 4.69) is 5.32 Å². The minimum Gasteiger partial charge on any atom is -0.444 e. The molecule has 1 aliphatic carbocycles. The second-order valence-electron chi connectivity index (χ2n) is 10.9. The number of halogens is 3. The molecule has 2 amide bonds. The molecule has 0 radical (unpaired) electrons. The van der Waals surface area contributed by atoms with Crippen molar-refractivity contribution in [2.45, 2.75) is 50.9 Å². The molecule has 0 atom stereocenters. The molecular weight excluding hydrogens is 539 g/mol. The highest BCUT2D eigenvalue weighted by Gasteiger charge is 2.49. The van der Waals surface area contributed by atoms with Gasteiger partial charge in [0.15, 0.2) is 0 Å². The Hall–Kier alpha value is -4.41. The van der Waals surface area contributed by atoms with Gasteiger partial charge in [-0.2, -0.15) is 13.2 Å². The van der Waals surface area contributed by atoms with Gasteiger partial charge in [0.1, 0.15) is 17.6 Å². The lowest BCUT2D eigenvalue weighted by Crippen LogP contribution is -2.49. The molecule has 0 saturated heterocycles. The van der Waals surface area contributed by atoms with Gasteiger partial charge in [-0.1, -0.05) is 60.7 Å². The highest BCUT2D eigenvalue weighted by molar-refractivity contribution is 6.00. The maximum absolute atomic E-state index is 13.8. The number of nitrogens with zero attached hydrogens (tertiary/aromatic N) is 2. The van der Waals surface area contributed by atoms with Crippen molar-refractivity contribution in [2.24, 2.45) is 0 Å². The van der Waals surface area contributed by atoms with Crippen LogP contribution in [0.4, 0.5) is 23.7 Å². The Morgan fingerprint density at radius 2 is 1.46 bits per heavy atom. The van der Waals surface area contributed by atoms with Crippen LogP contribution in [0.25, 0.3) is 11.1 Å². The number of benzene rings is 3. The van der Waals surface area contributed by atoms with Gasteiger partial charge in [0.2, 0.25) is 5.91 Å². The van der Waals surface area contributed by atoms with Crippen LogP contribution in [0.3, 0.4) is 0 Å². The second kappa shape index (κ2) is 11.2. The predicted molar refractivity (Wildman–Crippen MR) is 146 cm³/mol. The Labute approximate surface area is 235 Å². The van der Waals surface area contributed by atoms with Crippen LogP contribution in [0.5, 0.6) is 0 Å². The molecule has 1 N–H and O–H groups in total. The molecule has 0 aromatic heterocycles. The zero-order chi connectivity index (χ0) is 30.0. The van der Waals surface area contributed by atoms with E-state index < -0.39 is 40.7 Å². The smallest absolute Gasteiger partial charge is 0.410 e. The van der Waals surface area contributed by atoms with Crippen molar-refractivity contribution in [2.75, 3.05) is 13.1 Å². The first-order chi connectivity index (χ1) is 19.2. The van der Waals surface area contributed by atoms with E-state index in [1.807, 2.05) is 12.1 Å². The van der Waals surface area contributed by atoms with Crippen molar-refractivity contribution in [3.63, 3.8) is 0 Å². The van der Waals surface area contributed by atoms with Crippen molar-refractivity contribution in [3.05, 3.63) is 99.6 Å². The van der Waals surface area contributed by atoms with Crippen molar-refractivity contribution in [1.29, 1.82) is 0 Å². The molecule has 8 nitrogen and oxygen atoms in total. The minimum atomic E-state index is -4.62. The van der Waals surface area contributed by atoms with Gasteiger partial charge in [-0.15, -0.1) is 0 Å². The number of nitro benzene ring substituents is 1. The lowest BCUT2D eigenvalue weighted by atomic mass is 9.74. The normalized spacial score (nSPS) is 13.6. The lowest BCUT2D eigenvalue weighted by molar-refractivity contribution is -0.384. The number of amides is 2. The molecule has 3 aromatic rings. The van der Waals surface area contributed by atoms with Gasteiger partial charge in [0.05, 0.1) is 4.92 Å². The minimum absolute atomic E-state index is 0.00352. The van der Waals surface area contributed by atoms with Gasteiger partial charge in [-0.05, 0) is 55.0 Å². The zero-order valence-corrected chi connectivity index (χ0v) is 22.8. The Morgan fingerprint density at radius 3 is 1.95 bits per heavy atom. The van der Waals surface area contributed by atoms with Gasteiger partial charge in [0.25, 0.3) is 5.69 Å². The Kier molecular flexibility index (Phi) is 8.10. The quantitative estimate of drug-likeness (QED) is 0.251. The molecule has 1 aliphatic rings. The van der Waals surface area contributed by atoms with E-state index in [1.165, 1.54) is 29.2 Å². The van der Waals surface area contributed by atoms with E-state index in [0.717, 1.165) is 11.1 Å². The van der Waals surface area contributed by atoms with Crippen LogP contribution in [0.2, 0.25) is 0 Å². The van der Waals surface area contributed by atoms with Crippen LogP contribution >= 0.6 is 0 Å². The van der Waals surface area contributed by atoms with E-state index >= 15 is 0 Å². The van der Waals surface area contributed by atoms with Gasteiger partial charge >= 0.3 is 12.3 Å².